The Kier molecular flexibility index (Phi) is 6.45. The first kappa shape index (κ1) is 11.2. The summed E-state index contributed by atoms with van der Waals surface area (Å²) in [4.78, 5) is 0. The van der Waals surface area contributed by atoms with Crippen molar-refractivity contribution in [3.63, 3.8) is 0 Å². The Labute approximate surface area is 76.7 Å². The first-order valence-corrected chi connectivity index (χ1v) is 4.67. The second-order valence-corrected chi connectivity index (χ2v) is 3.24. The molecular formula is C12H20. The molecule has 0 fully saturated rings. The van der Waals surface area contributed by atoms with Gasteiger partial charge in [-0.25, -0.2) is 0 Å². The maximum atomic E-state index is 2.21. The van der Waals surface area contributed by atoms with Crippen molar-refractivity contribution in [1.29, 1.82) is 0 Å². The van der Waals surface area contributed by atoms with Crippen molar-refractivity contribution in [1.82, 2.24) is 0 Å². The monoisotopic (exact) mass is 164 g/mol. The molecule has 0 aliphatic heterocycles. The third-order valence-electron chi connectivity index (χ3n) is 1.55. The second kappa shape index (κ2) is 6.90. The van der Waals surface area contributed by atoms with Crippen molar-refractivity contribution < 1.29 is 0 Å². The predicted octanol–water partition coefficient (Wildman–Crippen LogP) is 4.26. The number of rotatable bonds is 4. The molecule has 0 heteroatoms. The first-order chi connectivity index (χ1) is 5.70. The van der Waals surface area contributed by atoms with Crippen LogP contribution in [0.2, 0.25) is 0 Å². The number of hydrogen-bond donors (Lipinski definition) is 0. The van der Waals surface area contributed by atoms with Crippen molar-refractivity contribution in [3.8, 4) is 0 Å². The molecule has 0 saturated carbocycles. The van der Waals surface area contributed by atoms with Gasteiger partial charge in [0.25, 0.3) is 0 Å². The lowest BCUT2D eigenvalue weighted by Crippen LogP contribution is -1.76. The molecule has 12 heavy (non-hydrogen) atoms. The molecular weight excluding hydrogens is 144 g/mol. The molecule has 0 saturated heterocycles. The highest BCUT2D eigenvalue weighted by atomic mass is 13.9. The van der Waals surface area contributed by atoms with E-state index in [-0.39, 0.29) is 0 Å². The molecule has 0 radical (unpaired) electrons. The van der Waals surface area contributed by atoms with Crippen molar-refractivity contribution in [3.05, 3.63) is 35.5 Å². The molecule has 0 aromatic rings. The fourth-order valence-corrected chi connectivity index (χ4v) is 0.999. The second-order valence-electron chi connectivity index (χ2n) is 3.24. The zero-order valence-corrected chi connectivity index (χ0v) is 8.72. The lowest BCUT2D eigenvalue weighted by molar-refractivity contribution is 0.926. The van der Waals surface area contributed by atoms with Crippen LogP contribution in [0, 0.1) is 0 Å². The van der Waals surface area contributed by atoms with E-state index in [1.54, 1.807) is 0 Å². The highest BCUT2D eigenvalue weighted by Gasteiger charge is 1.87. The SMILES string of the molecule is C/C=C\C(=C/C=C(C)C)CCC. The molecule has 0 unspecified atom stereocenters. The van der Waals surface area contributed by atoms with Gasteiger partial charge < -0.3 is 0 Å². The Balaban J connectivity index is 4.27. The Morgan fingerprint density at radius 3 is 2.25 bits per heavy atom. The van der Waals surface area contributed by atoms with Gasteiger partial charge in [0.1, 0.15) is 0 Å². The van der Waals surface area contributed by atoms with E-state index in [9.17, 15) is 0 Å². The molecule has 0 rings (SSSR count). The van der Waals surface area contributed by atoms with Crippen LogP contribution < -0.4 is 0 Å². The van der Waals surface area contributed by atoms with Gasteiger partial charge in [0, 0.05) is 0 Å². The van der Waals surface area contributed by atoms with Crippen LogP contribution in [0.25, 0.3) is 0 Å². The fourth-order valence-electron chi connectivity index (χ4n) is 0.999. The van der Waals surface area contributed by atoms with Gasteiger partial charge in [-0.2, -0.15) is 0 Å². The minimum absolute atomic E-state index is 1.17. The summed E-state index contributed by atoms with van der Waals surface area (Å²) in [6.07, 6.45) is 11.0. The van der Waals surface area contributed by atoms with Crippen molar-refractivity contribution >= 4 is 0 Å². The Hall–Kier alpha value is -0.780. The van der Waals surface area contributed by atoms with E-state index < -0.39 is 0 Å². The summed E-state index contributed by atoms with van der Waals surface area (Å²) >= 11 is 0. The zero-order chi connectivity index (χ0) is 9.40. The van der Waals surface area contributed by atoms with Crippen LogP contribution in [-0.4, -0.2) is 0 Å². The minimum Gasteiger partial charge on any atom is -0.0874 e. The van der Waals surface area contributed by atoms with Gasteiger partial charge in [-0.3, -0.25) is 0 Å². The van der Waals surface area contributed by atoms with Crippen LogP contribution in [0.5, 0.6) is 0 Å². The molecule has 68 valence electrons. The maximum absolute atomic E-state index is 2.21. The van der Waals surface area contributed by atoms with Crippen LogP contribution in [0.3, 0.4) is 0 Å². The number of allylic oxidation sites excluding steroid dienone is 6. The van der Waals surface area contributed by atoms with Crippen molar-refractivity contribution in [2.24, 2.45) is 0 Å². The molecule has 0 amide bonds. The van der Waals surface area contributed by atoms with Gasteiger partial charge in [-0.05, 0) is 32.8 Å². The minimum atomic E-state index is 1.17. The van der Waals surface area contributed by atoms with Gasteiger partial charge in [-0.15, -0.1) is 0 Å². The largest absolute Gasteiger partial charge is 0.0874 e. The molecule has 0 spiro atoms. The zero-order valence-electron chi connectivity index (χ0n) is 8.72. The summed E-state index contributed by atoms with van der Waals surface area (Å²) in [7, 11) is 0. The molecule has 0 bridgehead atoms. The normalized spacial score (nSPS) is 12.2. The average Bonchev–Trinajstić information content (AvgIpc) is 2.01. The molecule has 0 heterocycles. The average molecular weight is 164 g/mol. The molecule has 0 N–H and O–H groups in total. The molecule has 0 nitrogen and oxygen atoms in total. The summed E-state index contributed by atoms with van der Waals surface area (Å²) < 4.78 is 0. The third kappa shape index (κ3) is 5.96. The van der Waals surface area contributed by atoms with E-state index in [4.69, 9.17) is 0 Å². The lowest BCUT2D eigenvalue weighted by Gasteiger charge is -1.96. The summed E-state index contributed by atoms with van der Waals surface area (Å²) in [6, 6.07) is 0. The van der Waals surface area contributed by atoms with Crippen LogP contribution in [0.4, 0.5) is 0 Å². The Morgan fingerprint density at radius 1 is 1.17 bits per heavy atom. The summed E-state index contributed by atoms with van der Waals surface area (Å²) in [5, 5.41) is 0. The molecule has 0 aromatic heterocycles. The van der Waals surface area contributed by atoms with Crippen LogP contribution in [0.15, 0.2) is 35.5 Å². The summed E-state index contributed by atoms with van der Waals surface area (Å²) in [6.45, 7) is 8.51. The van der Waals surface area contributed by atoms with Crippen molar-refractivity contribution in [2.75, 3.05) is 0 Å². The van der Waals surface area contributed by atoms with Gasteiger partial charge in [0.05, 0.1) is 0 Å². The molecule has 0 aromatic carbocycles. The van der Waals surface area contributed by atoms with E-state index in [2.05, 4.69) is 52.0 Å². The predicted molar refractivity (Wildman–Crippen MR) is 57.2 cm³/mol. The van der Waals surface area contributed by atoms with E-state index in [0.29, 0.717) is 0 Å². The highest BCUT2D eigenvalue weighted by Crippen LogP contribution is 2.07. The van der Waals surface area contributed by atoms with Crippen LogP contribution in [0.1, 0.15) is 40.5 Å². The third-order valence-corrected chi connectivity index (χ3v) is 1.55. The summed E-state index contributed by atoms with van der Waals surface area (Å²) in [5.41, 5.74) is 2.77. The van der Waals surface area contributed by atoms with E-state index in [1.165, 1.54) is 24.0 Å². The Bertz CT molecular complexity index is 188. The van der Waals surface area contributed by atoms with E-state index in [1.807, 2.05) is 0 Å². The number of hydrogen-bond acceptors (Lipinski definition) is 0. The van der Waals surface area contributed by atoms with Gasteiger partial charge in [0.2, 0.25) is 0 Å². The molecule has 0 atom stereocenters. The van der Waals surface area contributed by atoms with Gasteiger partial charge >= 0.3 is 0 Å². The fraction of sp³-hybridized carbons (Fsp3) is 0.500. The van der Waals surface area contributed by atoms with Gasteiger partial charge in [-0.1, -0.05) is 43.2 Å². The van der Waals surface area contributed by atoms with E-state index in [0.717, 1.165) is 0 Å². The van der Waals surface area contributed by atoms with E-state index >= 15 is 0 Å². The quantitative estimate of drug-likeness (QED) is 0.545. The van der Waals surface area contributed by atoms with Crippen LogP contribution >= 0.6 is 0 Å². The van der Waals surface area contributed by atoms with Gasteiger partial charge in [0.15, 0.2) is 0 Å². The topological polar surface area (TPSA) is 0 Å². The van der Waals surface area contributed by atoms with Crippen LogP contribution in [-0.2, 0) is 0 Å². The standard InChI is InChI=1S/C12H20/c1-5-7-12(8-6-2)10-9-11(3)4/h5,7,9-10H,6,8H2,1-4H3/b7-5-,12-10+. The first-order valence-electron chi connectivity index (χ1n) is 4.67. The van der Waals surface area contributed by atoms with Crippen molar-refractivity contribution in [2.45, 2.75) is 40.5 Å². The Morgan fingerprint density at radius 2 is 1.83 bits per heavy atom. The maximum Gasteiger partial charge on any atom is -0.0282 e. The highest BCUT2D eigenvalue weighted by molar-refractivity contribution is 5.24. The lowest BCUT2D eigenvalue weighted by atomic mass is 10.1. The molecule has 0 aliphatic rings. The molecule has 0 aliphatic carbocycles. The smallest absolute Gasteiger partial charge is 0.0282 e. The summed E-state index contributed by atoms with van der Waals surface area (Å²) in [5.74, 6) is 0.